The van der Waals surface area contributed by atoms with Crippen LogP contribution in [0.1, 0.15) is 29.3 Å². The number of nitro benzene ring substituents is 1. The molecule has 0 bridgehead atoms. The number of nitro groups is 1. The third kappa shape index (κ3) is 5.31. The van der Waals surface area contributed by atoms with Gasteiger partial charge in [-0.15, -0.1) is 0 Å². The molecule has 0 aliphatic heterocycles. The second-order valence-corrected chi connectivity index (χ2v) is 8.03. The summed E-state index contributed by atoms with van der Waals surface area (Å²) in [4.78, 5) is 35.4. The number of ether oxygens (including phenoxy) is 1. The van der Waals surface area contributed by atoms with Crippen LogP contribution in [0.25, 0.3) is 0 Å². The lowest BCUT2D eigenvalue weighted by Gasteiger charge is -2.17. The summed E-state index contributed by atoms with van der Waals surface area (Å²) in [5, 5.41) is 14.5. The van der Waals surface area contributed by atoms with Crippen molar-refractivity contribution in [3.8, 4) is 0 Å². The van der Waals surface area contributed by atoms with Crippen LogP contribution in [-0.4, -0.2) is 29.8 Å². The first-order chi connectivity index (χ1) is 13.6. The second-order valence-electron chi connectivity index (χ2n) is 5.98. The molecule has 0 aliphatic carbocycles. The molecule has 0 heterocycles. The number of hydrogen-bond acceptors (Lipinski definition) is 6. The zero-order chi connectivity index (χ0) is 21.9. The Morgan fingerprint density at radius 3 is 2.59 bits per heavy atom. The molecule has 0 saturated heterocycles. The van der Waals surface area contributed by atoms with Crippen LogP contribution in [-0.2, 0) is 9.53 Å². The third-order valence-corrected chi connectivity index (χ3v) is 5.60. The normalized spacial score (nSPS) is 11.7. The van der Waals surface area contributed by atoms with Gasteiger partial charge >= 0.3 is 11.7 Å². The van der Waals surface area contributed by atoms with Gasteiger partial charge in [-0.1, -0.05) is 11.6 Å². The van der Waals surface area contributed by atoms with E-state index in [0.717, 1.165) is 12.1 Å². The van der Waals surface area contributed by atoms with Crippen LogP contribution < -0.4 is 5.32 Å². The van der Waals surface area contributed by atoms with E-state index in [2.05, 4.69) is 41.9 Å². The van der Waals surface area contributed by atoms with Gasteiger partial charge in [-0.2, -0.15) is 0 Å². The standard InChI is InChI=1S/C18H14Br2ClFN2O5/c1-8(5-14(25)29-2)23-13-7-11(19)15(16(20)17(13)24(27)28)18(26)10-6-9(22)3-4-12(10)21/h3-4,6-8,23H,5H2,1-2H3/t8-/m0/s1. The maximum absolute atomic E-state index is 13.6. The molecule has 0 unspecified atom stereocenters. The molecular weight excluding hydrogens is 538 g/mol. The van der Waals surface area contributed by atoms with Crippen molar-refractivity contribution in [2.45, 2.75) is 19.4 Å². The van der Waals surface area contributed by atoms with Crippen LogP contribution in [0.2, 0.25) is 5.02 Å². The van der Waals surface area contributed by atoms with Gasteiger partial charge in [0.2, 0.25) is 0 Å². The van der Waals surface area contributed by atoms with Crippen LogP contribution >= 0.6 is 43.5 Å². The summed E-state index contributed by atoms with van der Waals surface area (Å²) in [7, 11) is 1.24. The molecule has 0 fully saturated rings. The molecule has 7 nitrogen and oxygen atoms in total. The van der Waals surface area contributed by atoms with Gasteiger partial charge in [0, 0.05) is 16.1 Å². The number of ketones is 1. The largest absolute Gasteiger partial charge is 0.469 e. The van der Waals surface area contributed by atoms with Gasteiger partial charge in [0.25, 0.3) is 0 Å². The van der Waals surface area contributed by atoms with Crippen molar-refractivity contribution in [3.63, 3.8) is 0 Å². The molecule has 0 saturated carbocycles. The first kappa shape index (κ1) is 23.2. The van der Waals surface area contributed by atoms with Crippen LogP contribution in [0, 0.1) is 15.9 Å². The number of nitrogens with zero attached hydrogens (tertiary/aromatic N) is 1. The van der Waals surface area contributed by atoms with E-state index in [1.807, 2.05) is 0 Å². The van der Waals surface area contributed by atoms with Gasteiger partial charge in [-0.3, -0.25) is 19.7 Å². The van der Waals surface area contributed by atoms with Gasteiger partial charge in [0.1, 0.15) is 16.0 Å². The van der Waals surface area contributed by atoms with Crippen LogP contribution in [0.5, 0.6) is 0 Å². The topological polar surface area (TPSA) is 98.5 Å². The van der Waals surface area contributed by atoms with Crippen molar-refractivity contribution in [2.24, 2.45) is 0 Å². The first-order valence-electron chi connectivity index (χ1n) is 8.06. The molecule has 2 aromatic rings. The summed E-state index contributed by atoms with van der Waals surface area (Å²) in [6.45, 7) is 1.65. The Bertz CT molecular complexity index is 1000. The number of carbonyl (C=O) groups excluding carboxylic acids is 2. The minimum Gasteiger partial charge on any atom is -0.469 e. The van der Waals surface area contributed by atoms with Crippen molar-refractivity contribution in [2.75, 3.05) is 12.4 Å². The molecule has 0 amide bonds. The molecule has 2 aromatic carbocycles. The fourth-order valence-electron chi connectivity index (χ4n) is 2.56. The molecule has 2 rings (SSSR count). The van der Waals surface area contributed by atoms with Crippen molar-refractivity contribution in [1.29, 1.82) is 0 Å². The molecular formula is C18H14Br2ClFN2O5. The maximum atomic E-state index is 13.6. The molecule has 1 N–H and O–H groups in total. The van der Waals surface area contributed by atoms with Crippen molar-refractivity contribution in [1.82, 2.24) is 0 Å². The summed E-state index contributed by atoms with van der Waals surface area (Å²) in [5.74, 6) is -1.86. The average Bonchev–Trinajstić information content (AvgIpc) is 2.62. The Hall–Kier alpha value is -2.04. The van der Waals surface area contributed by atoms with Gasteiger partial charge in [-0.05, 0) is 63.0 Å². The fourth-order valence-corrected chi connectivity index (χ4v) is 4.39. The van der Waals surface area contributed by atoms with Crippen LogP contribution in [0.4, 0.5) is 15.8 Å². The summed E-state index contributed by atoms with van der Waals surface area (Å²) in [6.07, 6.45) is -0.0253. The zero-order valence-electron chi connectivity index (χ0n) is 15.1. The van der Waals surface area contributed by atoms with E-state index in [-0.39, 0.29) is 37.2 Å². The number of nitrogens with one attached hydrogen (secondary N) is 1. The van der Waals surface area contributed by atoms with Crippen molar-refractivity contribution >= 4 is 66.6 Å². The molecule has 0 aliphatic rings. The Morgan fingerprint density at radius 1 is 1.34 bits per heavy atom. The van der Waals surface area contributed by atoms with Gasteiger partial charge in [-0.25, -0.2) is 4.39 Å². The smallest absolute Gasteiger partial charge is 0.307 e. The second kappa shape index (κ2) is 9.64. The molecule has 0 radical (unpaired) electrons. The van der Waals surface area contributed by atoms with Crippen molar-refractivity contribution in [3.05, 3.63) is 65.3 Å². The number of benzene rings is 2. The molecule has 0 spiro atoms. The number of esters is 1. The lowest BCUT2D eigenvalue weighted by Crippen LogP contribution is -2.21. The van der Waals surface area contributed by atoms with Gasteiger partial charge < -0.3 is 10.1 Å². The minimum atomic E-state index is -0.703. The Morgan fingerprint density at radius 2 is 2.00 bits per heavy atom. The Labute approximate surface area is 187 Å². The SMILES string of the molecule is COC(=O)C[C@H](C)Nc1cc(Br)c(C(=O)c2cc(F)ccc2Cl)c(Br)c1[N+](=O)[O-]. The number of hydrogen-bond donors (Lipinski definition) is 1. The molecule has 29 heavy (non-hydrogen) atoms. The molecule has 1 atom stereocenters. The monoisotopic (exact) mass is 550 g/mol. The minimum absolute atomic E-state index is 0.00625. The number of rotatable bonds is 7. The Kier molecular flexibility index (Phi) is 7.73. The van der Waals surface area contributed by atoms with E-state index in [1.165, 1.54) is 19.2 Å². The summed E-state index contributed by atoms with van der Waals surface area (Å²) >= 11 is 12.4. The highest BCUT2D eigenvalue weighted by Crippen LogP contribution is 2.42. The maximum Gasteiger partial charge on any atom is 0.307 e. The van der Waals surface area contributed by atoms with Gasteiger partial charge in [0.15, 0.2) is 5.78 Å². The number of carbonyl (C=O) groups is 2. The average molecular weight is 553 g/mol. The number of methoxy groups -OCH3 is 1. The van der Waals surface area contributed by atoms with E-state index in [9.17, 15) is 24.1 Å². The predicted molar refractivity (Wildman–Crippen MR) is 113 cm³/mol. The van der Waals surface area contributed by atoms with Crippen LogP contribution in [0.15, 0.2) is 33.2 Å². The highest BCUT2D eigenvalue weighted by Gasteiger charge is 2.30. The fraction of sp³-hybridized carbons (Fsp3) is 0.222. The lowest BCUT2D eigenvalue weighted by molar-refractivity contribution is -0.384. The van der Waals surface area contributed by atoms with Crippen LogP contribution in [0.3, 0.4) is 0 Å². The summed E-state index contributed by atoms with van der Waals surface area (Å²) in [6, 6.07) is 4.14. The molecule has 0 aromatic heterocycles. The molecule has 11 heteroatoms. The van der Waals surface area contributed by atoms with E-state index in [0.29, 0.717) is 0 Å². The number of anilines is 1. The van der Waals surface area contributed by atoms with E-state index in [4.69, 9.17) is 11.6 Å². The zero-order valence-corrected chi connectivity index (χ0v) is 19.0. The van der Waals surface area contributed by atoms with E-state index >= 15 is 0 Å². The highest BCUT2D eigenvalue weighted by molar-refractivity contribution is 9.11. The first-order valence-corrected chi connectivity index (χ1v) is 10.0. The van der Waals surface area contributed by atoms with Gasteiger partial charge in [0.05, 0.1) is 29.0 Å². The Balaban J connectivity index is 2.55. The van der Waals surface area contributed by atoms with Crippen molar-refractivity contribution < 1.29 is 23.6 Å². The number of halogens is 4. The summed E-state index contributed by atoms with van der Waals surface area (Å²) < 4.78 is 18.3. The third-order valence-electron chi connectivity index (χ3n) is 3.88. The summed E-state index contributed by atoms with van der Waals surface area (Å²) in [5.41, 5.74) is -0.565. The lowest BCUT2D eigenvalue weighted by atomic mass is 10.0. The quantitative estimate of drug-likeness (QED) is 0.211. The highest BCUT2D eigenvalue weighted by atomic mass is 79.9. The molecule has 154 valence electrons. The van der Waals surface area contributed by atoms with E-state index < -0.39 is 34.2 Å². The predicted octanol–water partition coefficient (Wildman–Crippen LogP) is 5.51. The van der Waals surface area contributed by atoms with E-state index in [1.54, 1.807) is 6.92 Å².